The maximum Gasteiger partial charge on any atom is 0.306 e. The minimum absolute atomic E-state index is 0.000479. The Bertz CT molecular complexity index is 672. The molecule has 1 rings (SSSR count). The minimum Gasteiger partial charge on any atom is -0.465 e. The first-order chi connectivity index (χ1) is 12.1. The summed E-state index contributed by atoms with van der Waals surface area (Å²) in [5, 5.41) is 0. The molecule has 0 aromatic heterocycles. The number of carbonyl (C=O) groups excluding carboxylic acids is 2. The lowest BCUT2D eigenvalue weighted by Gasteiger charge is -2.10. The number of ether oxygens (including phenoxy) is 1. The van der Waals surface area contributed by atoms with Crippen LogP contribution in [-0.4, -0.2) is 37.9 Å². The first-order valence-corrected chi connectivity index (χ1v) is 9.96. The zero-order valence-electron chi connectivity index (χ0n) is 15.6. The predicted octanol–water partition coefficient (Wildman–Crippen LogP) is 2.52. The summed E-state index contributed by atoms with van der Waals surface area (Å²) < 4.78 is 34.9. The van der Waals surface area contributed by atoms with Crippen molar-refractivity contribution in [2.45, 2.75) is 51.3 Å². The summed E-state index contributed by atoms with van der Waals surface area (Å²) in [6.07, 6.45) is 2.48. The molecule has 0 aliphatic carbocycles. The maximum atomic E-state index is 11.2. The number of nitrogens with two attached hydrogens (primary N) is 1. The highest BCUT2D eigenvalue weighted by molar-refractivity contribution is 7.85. The van der Waals surface area contributed by atoms with Crippen LogP contribution in [0.25, 0.3) is 0 Å². The van der Waals surface area contributed by atoms with E-state index in [1.165, 1.54) is 6.07 Å². The van der Waals surface area contributed by atoms with Gasteiger partial charge in [-0.1, -0.05) is 38.5 Å². The molecule has 0 aliphatic heterocycles. The third-order valence-electron chi connectivity index (χ3n) is 3.52. The Balaban J connectivity index is 0.000000502. The van der Waals surface area contributed by atoms with Crippen LogP contribution in [0.1, 0.15) is 45.1 Å². The molecule has 0 aliphatic rings. The summed E-state index contributed by atoms with van der Waals surface area (Å²) in [5.74, 6) is -0.0162. The lowest BCUT2D eigenvalue weighted by atomic mass is 10.1. The summed E-state index contributed by atoms with van der Waals surface area (Å²) in [5.41, 5.74) is 5.67. The minimum atomic E-state index is -4.03. The van der Waals surface area contributed by atoms with Crippen molar-refractivity contribution in [3.63, 3.8) is 0 Å². The fourth-order valence-electron chi connectivity index (χ4n) is 2.07. The van der Waals surface area contributed by atoms with E-state index in [1.54, 1.807) is 25.1 Å². The third kappa shape index (κ3) is 11.0. The average Bonchev–Trinajstić information content (AvgIpc) is 2.58. The van der Waals surface area contributed by atoms with E-state index in [9.17, 15) is 18.0 Å². The summed E-state index contributed by atoms with van der Waals surface area (Å²) in [7, 11) is -4.03. The van der Waals surface area contributed by atoms with E-state index in [0.29, 0.717) is 18.1 Å². The molecule has 7 nitrogen and oxygen atoms in total. The number of hydrogen-bond donors (Lipinski definition) is 2. The summed E-state index contributed by atoms with van der Waals surface area (Å²) in [6, 6.07) is 6.27. The molecule has 1 unspecified atom stereocenters. The van der Waals surface area contributed by atoms with Gasteiger partial charge < -0.3 is 10.5 Å². The van der Waals surface area contributed by atoms with Gasteiger partial charge in [0.25, 0.3) is 10.1 Å². The molecular weight excluding hydrogens is 358 g/mol. The molecule has 1 aromatic rings. The van der Waals surface area contributed by atoms with Crippen molar-refractivity contribution in [1.82, 2.24) is 0 Å². The highest BCUT2D eigenvalue weighted by atomic mass is 32.2. The zero-order chi connectivity index (χ0) is 20.2. The average molecular weight is 387 g/mol. The Morgan fingerprint density at radius 2 is 1.85 bits per heavy atom. The molecule has 0 bridgehead atoms. The van der Waals surface area contributed by atoms with Crippen LogP contribution in [0.15, 0.2) is 29.2 Å². The van der Waals surface area contributed by atoms with Crippen molar-refractivity contribution < 1.29 is 27.3 Å². The van der Waals surface area contributed by atoms with Gasteiger partial charge in [0.2, 0.25) is 0 Å². The first-order valence-electron chi connectivity index (χ1n) is 8.52. The van der Waals surface area contributed by atoms with Gasteiger partial charge in [0.15, 0.2) is 0 Å². The van der Waals surface area contributed by atoms with Gasteiger partial charge in [-0.05, 0) is 30.9 Å². The van der Waals surface area contributed by atoms with Crippen molar-refractivity contribution in [3.8, 4) is 0 Å². The molecule has 148 valence electrons. The van der Waals surface area contributed by atoms with Gasteiger partial charge in [0, 0.05) is 6.42 Å². The Hall–Kier alpha value is -1.77. The molecule has 0 saturated heterocycles. The number of hydrogen-bond acceptors (Lipinski definition) is 6. The van der Waals surface area contributed by atoms with Crippen LogP contribution in [0.5, 0.6) is 0 Å². The Morgan fingerprint density at radius 3 is 2.31 bits per heavy atom. The normalized spacial score (nSPS) is 11.9. The van der Waals surface area contributed by atoms with Crippen molar-refractivity contribution in [3.05, 3.63) is 29.8 Å². The van der Waals surface area contributed by atoms with Crippen LogP contribution in [-0.2, 0) is 24.4 Å². The van der Waals surface area contributed by atoms with Gasteiger partial charge in [-0.3, -0.25) is 14.1 Å². The fraction of sp³-hybridized carbons (Fsp3) is 0.556. The van der Waals surface area contributed by atoms with Crippen molar-refractivity contribution in [2.24, 2.45) is 11.7 Å². The van der Waals surface area contributed by atoms with Gasteiger partial charge in [-0.15, -0.1) is 0 Å². The van der Waals surface area contributed by atoms with Crippen molar-refractivity contribution in [1.29, 1.82) is 0 Å². The second kappa shape index (κ2) is 12.6. The zero-order valence-corrected chi connectivity index (χ0v) is 16.4. The highest BCUT2D eigenvalue weighted by Crippen LogP contribution is 2.12. The molecule has 8 heteroatoms. The molecule has 0 fully saturated rings. The molecule has 0 spiro atoms. The molecule has 0 saturated carbocycles. The van der Waals surface area contributed by atoms with Crippen LogP contribution >= 0.6 is 0 Å². The SMILES string of the molecule is CCCC(C)COC(=O)CCC(=O)CN.Cc1ccccc1S(=O)(=O)O. The van der Waals surface area contributed by atoms with Gasteiger partial charge in [-0.25, -0.2) is 0 Å². The topological polar surface area (TPSA) is 124 Å². The lowest BCUT2D eigenvalue weighted by molar-refractivity contribution is -0.146. The maximum absolute atomic E-state index is 11.2. The number of aryl methyl sites for hydroxylation is 1. The summed E-state index contributed by atoms with van der Waals surface area (Å²) in [4.78, 5) is 22.0. The smallest absolute Gasteiger partial charge is 0.306 e. The van der Waals surface area contributed by atoms with E-state index in [1.807, 2.05) is 6.92 Å². The van der Waals surface area contributed by atoms with Crippen LogP contribution in [0.4, 0.5) is 0 Å². The van der Waals surface area contributed by atoms with Crippen LogP contribution in [0, 0.1) is 12.8 Å². The van der Waals surface area contributed by atoms with Crippen LogP contribution in [0.2, 0.25) is 0 Å². The molecule has 1 atom stereocenters. The van der Waals surface area contributed by atoms with Crippen LogP contribution < -0.4 is 5.73 Å². The molecule has 26 heavy (non-hydrogen) atoms. The largest absolute Gasteiger partial charge is 0.465 e. The number of esters is 1. The number of rotatable bonds is 9. The summed E-state index contributed by atoms with van der Waals surface area (Å²) >= 11 is 0. The van der Waals surface area contributed by atoms with E-state index in [4.69, 9.17) is 15.0 Å². The monoisotopic (exact) mass is 387 g/mol. The second-order valence-corrected chi connectivity index (χ2v) is 7.45. The number of ketones is 1. The highest BCUT2D eigenvalue weighted by Gasteiger charge is 2.10. The van der Waals surface area contributed by atoms with Crippen molar-refractivity contribution >= 4 is 21.9 Å². The molecule has 0 radical (unpaired) electrons. The second-order valence-electron chi connectivity index (χ2n) is 6.06. The molecular formula is C18H29NO6S. The Labute approximate surface area is 155 Å². The van der Waals surface area contributed by atoms with Crippen molar-refractivity contribution in [2.75, 3.05) is 13.2 Å². The number of Topliss-reactive ketones (excluding diaryl/α,β-unsaturated/α-hetero) is 1. The fourth-order valence-corrected chi connectivity index (χ4v) is 2.80. The van der Waals surface area contributed by atoms with E-state index in [2.05, 4.69) is 6.92 Å². The molecule has 0 heterocycles. The molecule has 0 amide bonds. The standard InChI is InChI=1S/C11H21NO3.C7H8O3S/c1-3-4-9(2)8-15-11(14)6-5-10(13)7-12;1-6-4-2-3-5-7(6)11(8,9)10/h9H,3-8,12H2,1-2H3;2-5H,1H3,(H,8,9,10). The van der Waals surface area contributed by atoms with E-state index in [-0.39, 0.29) is 36.0 Å². The van der Waals surface area contributed by atoms with E-state index < -0.39 is 10.1 Å². The number of benzene rings is 1. The van der Waals surface area contributed by atoms with Gasteiger partial charge in [0.1, 0.15) is 5.78 Å². The Kier molecular flexibility index (Phi) is 11.7. The Morgan fingerprint density at radius 1 is 1.23 bits per heavy atom. The third-order valence-corrected chi connectivity index (χ3v) is 4.53. The molecule has 3 N–H and O–H groups in total. The number of carbonyl (C=O) groups is 2. The van der Waals surface area contributed by atoms with E-state index in [0.717, 1.165) is 12.8 Å². The van der Waals surface area contributed by atoms with E-state index >= 15 is 0 Å². The quantitative estimate of drug-likeness (QED) is 0.493. The van der Waals surface area contributed by atoms with Gasteiger partial charge in [0.05, 0.1) is 24.5 Å². The lowest BCUT2D eigenvalue weighted by Crippen LogP contribution is -2.17. The molecule has 1 aromatic carbocycles. The van der Waals surface area contributed by atoms with Gasteiger partial charge in [-0.2, -0.15) is 8.42 Å². The van der Waals surface area contributed by atoms with Gasteiger partial charge >= 0.3 is 5.97 Å². The van der Waals surface area contributed by atoms with Crippen LogP contribution in [0.3, 0.4) is 0 Å². The predicted molar refractivity (Wildman–Crippen MR) is 99.3 cm³/mol. The summed E-state index contributed by atoms with van der Waals surface area (Å²) in [6.45, 7) is 6.21. The first kappa shape index (κ1) is 24.2.